The number of hydrogen-bond donors (Lipinski definition) is 2. The summed E-state index contributed by atoms with van der Waals surface area (Å²) in [4.78, 5) is 0. The van der Waals surface area contributed by atoms with E-state index in [4.69, 9.17) is 5.73 Å². The minimum absolute atomic E-state index is 0.738. The van der Waals surface area contributed by atoms with Crippen LogP contribution in [0.5, 0.6) is 0 Å². The minimum Gasteiger partial charge on any atom is -0.399 e. The molecule has 0 unspecified atom stereocenters. The average Bonchev–Trinajstić information content (AvgIpc) is 2.62. The van der Waals surface area contributed by atoms with Crippen LogP contribution in [-0.4, -0.2) is 9.78 Å². The molecule has 1 heterocycles. The van der Waals surface area contributed by atoms with Gasteiger partial charge in [0.05, 0.1) is 0 Å². The smallest absolute Gasteiger partial charge is 0.148 e. The molecule has 0 bridgehead atoms. The Morgan fingerprint density at radius 3 is 2.93 bits per heavy atom. The molecule has 78 valence electrons. The zero-order valence-corrected chi connectivity index (χ0v) is 8.64. The lowest BCUT2D eigenvalue weighted by Gasteiger charge is -2.03. The van der Waals surface area contributed by atoms with Gasteiger partial charge in [-0.2, -0.15) is 5.10 Å². The quantitative estimate of drug-likeness (QED) is 0.743. The van der Waals surface area contributed by atoms with Crippen LogP contribution in [0.3, 0.4) is 0 Å². The van der Waals surface area contributed by atoms with Gasteiger partial charge in [0.15, 0.2) is 0 Å². The van der Waals surface area contributed by atoms with Crippen LogP contribution in [0.2, 0.25) is 0 Å². The molecule has 1 aromatic heterocycles. The van der Waals surface area contributed by atoms with Crippen LogP contribution in [0.1, 0.15) is 5.56 Å². The molecular formula is C11H14N4. The van der Waals surface area contributed by atoms with Gasteiger partial charge in [-0.1, -0.05) is 12.1 Å². The van der Waals surface area contributed by atoms with Crippen LogP contribution in [-0.2, 0) is 13.6 Å². The Bertz CT molecular complexity index is 447. The first-order chi connectivity index (χ1) is 7.24. The van der Waals surface area contributed by atoms with Gasteiger partial charge in [0, 0.05) is 31.5 Å². The van der Waals surface area contributed by atoms with Crippen LogP contribution in [0.15, 0.2) is 36.5 Å². The van der Waals surface area contributed by atoms with Crippen molar-refractivity contribution in [2.75, 3.05) is 11.1 Å². The van der Waals surface area contributed by atoms with Gasteiger partial charge in [-0.15, -0.1) is 0 Å². The van der Waals surface area contributed by atoms with Crippen molar-refractivity contribution in [1.82, 2.24) is 9.78 Å². The topological polar surface area (TPSA) is 55.9 Å². The van der Waals surface area contributed by atoms with E-state index in [0.717, 1.165) is 23.6 Å². The molecule has 0 aliphatic carbocycles. The number of aryl methyl sites for hydroxylation is 1. The van der Waals surface area contributed by atoms with E-state index in [9.17, 15) is 0 Å². The fourth-order valence-corrected chi connectivity index (χ4v) is 1.41. The van der Waals surface area contributed by atoms with E-state index in [1.54, 1.807) is 4.68 Å². The molecule has 0 spiro atoms. The number of nitrogens with zero attached hydrogens (tertiary/aromatic N) is 2. The fraction of sp³-hybridized carbons (Fsp3) is 0.182. The summed E-state index contributed by atoms with van der Waals surface area (Å²) >= 11 is 0. The first-order valence-corrected chi connectivity index (χ1v) is 4.82. The van der Waals surface area contributed by atoms with Gasteiger partial charge in [0.2, 0.25) is 0 Å². The molecule has 4 heteroatoms. The SMILES string of the molecule is Cn1ccc(NCc2cccc(N)c2)n1. The van der Waals surface area contributed by atoms with Crippen LogP contribution in [0.25, 0.3) is 0 Å². The molecule has 0 aliphatic heterocycles. The Hall–Kier alpha value is -1.97. The van der Waals surface area contributed by atoms with E-state index in [1.165, 1.54) is 0 Å². The van der Waals surface area contributed by atoms with Gasteiger partial charge in [-0.25, -0.2) is 0 Å². The molecular weight excluding hydrogens is 188 g/mol. The first kappa shape index (κ1) is 9.58. The van der Waals surface area contributed by atoms with Gasteiger partial charge < -0.3 is 11.1 Å². The van der Waals surface area contributed by atoms with Crippen LogP contribution in [0, 0.1) is 0 Å². The largest absolute Gasteiger partial charge is 0.399 e. The summed E-state index contributed by atoms with van der Waals surface area (Å²) in [5.74, 6) is 0.875. The van der Waals surface area contributed by atoms with Crippen LogP contribution < -0.4 is 11.1 Å². The number of anilines is 2. The summed E-state index contributed by atoms with van der Waals surface area (Å²) in [5, 5.41) is 7.44. The van der Waals surface area contributed by atoms with E-state index in [2.05, 4.69) is 10.4 Å². The lowest BCUT2D eigenvalue weighted by atomic mass is 10.2. The lowest BCUT2D eigenvalue weighted by molar-refractivity contribution is 0.768. The summed E-state index contributed by atoms with van der Waals surface area (Å²) in [5.41, 5.74) is 7.62. The number of benzene rings is 1. The normalized spacial score (nSPS) is 10.2. The predicted molar refractivity (Wildman–Crippen MR) is 61.4 cm³/mol. The third-order valence-corrected chi connectivity index (χ3v) is 2.14. The zero-order valence-electron chi connectivity index (χ0n) is 8.64. The maximum absolute atomic E-state index is 5.68. The first-order valence-electron chi connectivity index (χ1n) is 4.82. The predicted octanol–water partition coefficient (Wildman–Crippen LogP) is 1.61. The molecule has 0 radical (unpaired) electrons. The highest BCUT2D eigenvalue weighted by atomic mass is 15.3. The number of nitrogen functional groups attached to an aromatic ring is 1. The Balaban J connectivity index is 1.99. The molecule has 0 saturated heterocycles. The second-order valence-corrected chi connectivity index (χ2v) is 3.47. The van der Waals surface area contributed by atoms with E-state index in [1.807, 2.05) is 43.6 Å². The average molecular weight is 202 g/mol. The van der Waals surface area contributed by atoms with Crippen molar-refractivity contribution in [1.29, 1.82) is 0 Å². The van der Waals surface area contributed by atoms with Gasteiger partial charge in [0.1, 0.15) is 5.82 Å². The van der Waals surface area contributed by atoms with Crippen molar-refractivity contribution in [3.63, 3.8) is 0 Å². The second-order valence-electron chi connectivity index (χ2n) is 3.47. The number of nitrogens with one attached hydrogen (secondary N) is 1. The standard InChI is InChI=1S/C11H14N4/c1-15-6-5-11(14-15)13-8-9-3-2-4-10(12)7-9/h2-7H,8,12H2,1H3,(H,13,14). The van der Waals surface area contributed by atoms with Crippen molar-refractivity contribution in [2.24, 2.45) is 7.05 Å². The van der Waals surface area contributed by atoms with Crippen molar-refractivity contribution in [3.05, 3.63) is 42.1 Å². The Kier molecular flexibility index (Phi) is 2.58. The summed E-state index contributed by atoms with van der Waals surface area (Å²) in [7, 11) is 1.89. The highest BCUT2D eigenvalue weighted by molar-refractivity contribution is 5.42. The number of aromatic nitrogens is 2. The molecule has 1 aromatic carbocycles. The van der Waals surface area contributed by atoms with Crippen molar-refractivity contribution < 1.29 is 0 Å². The molecule has 15 heavy (non-hydrogen) atoms. The Morgan fingerprint density at radius 1 is 1.40 bits per heavy atom. The molecule has 3 N–H and O–H groups in total. The number of nitrogens with two attached hydrogens (primary N) is 1. The molecule has 0 fully saturated rings. The van der Waals surface area contributed by atoms with Gasteiger partial charge >= 0.3 is 0 Å². The summed E-state index contributed by atoms with van der Waals surface area (Å²) in [6.07, 6.45) is 1.90. The summed E-state index contributed by atoms with van der Waals surface area (Å²) < 4.78 is 1.77. The van der Waals surface area contributed by atoms with Crippen LogP contribution >= 0.6 is 0 Å². The highest BCUT2D eigenvalue weighted by Gasteiger charge is 1.96. The molecule has 4 nitrogen and oxygen atoms in total. The maximum atomic E-state index is 5.68. The number of hydrogen-bond acceptors (Lipinski definition) is 3. The van der Waals surface area contributed by atoms with Crippen molar-refractivity contribution >= 4 is 11.5 Å². The second kappa shape index (κ2) is 4.04. The zero-order chi connectivity index (χ0) is 10.7. The summed E-state index contributed by atoms with van der Waals surface area (Å²) in [6.45, 7) is 0.738. The number of rotatable bonds is 3. The van der Waals surface area contributed by atoms with Crippen molar-refractivity contribution in [3.8, 4) is 0 Å². The fourth-order valence-electron chi connectivity index (χ4n) is 1.41. The van der Waals surface area contributed by atoms with E-state index < -0.39 is 0 Å². The van der Waals surface area contributed by atoms with Gasteiger partial charge in [-0.3, -0.25) is 4.68 Å². The monoisotopic (exact) mass is 202 g/mol. The highest BCUT2D eigenvalue weighted by Crippen LogP contribution is 2.09. The minimum atomic E-state index is 0.738. The van der Waals surface area contributed by atoms with Crippen LogP contribution in [0.4, 0.5) is 11.5 Å². The van der Waals surface area contributed by atoms with Gasteiger partial charge in [-0.05, 0) is 17.7 Å². The molecule has 2 rings (SSSR count). The lowest BCUT2D eigenvalue weighted by Crippen LogP contribution is -2.01. The van der Waals surface area contributed by atoms with Gasteiger partial charge in [0.25, 0.3) is 0 Å². The summed E-state index contributed by atoms with van der Waals surface area (Å²) in [6, 6.07) is 9.75. The molecule has 0 atom stereocenters. The van der Waals surface area contributed by atoms with Crippen molar-refractivity contribution in [2.45, 2.75) is 6.54 Å². The molecule has 0 aliphatic rings. The molecule has 0 saturated carbocycles. The Labute approximate surface area is 88.7 Å². The molecule has 2 aromatic rings. The van der Waals surface area contributed by atoms with E-state index in [-0.39, 0.29) is 0 Å². The molecule has 0 amide bonds. The van der Waals surface area contributed by atoms with E-state index >= 15 is 0 Å². The maximum Gasteiger partial charge on any atom is 0.148 e. The van der Waals surface area contributed by atoms with E-state index in [0.29, 0.717) is 0 Å². The third-order valence-electron chi connectivity index (χ3n) is 2.14. The Morgan fingerprint density at radius 2 is 2.27 bits per heavy atom. The third kappa shape index (κ3) is 2.49.